The summed E-state index contributed by atoms with van der Waals surface area (Å²) in [5.41, 5.74) is 1.34. The molecule has 1 fully saturated rings. The number of piperazine rings is 1. The number of rotatable bonds is 8. The first-order valence-electron chi connectivity index (χ1n) is 10.1. The highest BCUT2D eigenvalue weighted by molar-refractivity contribution is 6.30. The van der Waals surface area contributed by atoms with Crippen LogP contribution in [0.2, 0.25) is 5.02 Å². The van der Waals surface area contributed by atoms with Crippen LogP contribution in [0.15, 0.2) is 30.3 Å². The van der Waals surface area contributed by atoms with Crippen molar-refractivity contribution < 1.29 is 23.9 Å². The van der Waals surface area contributed by atoms with E-state index in [0.717, 1.165) is 5.56 Å². The molecular weight excluding hydrogens is 438 g/mol. The molecule has 3 rings (SSSR count). The molecule has 0 atom stereocenters. The van der Waals surface area contributed by atoms with Gasteiger partial charge in [0.1, 0.15) is 5.69 Å². The number of nitrogens with zero attached hydrogens (tertiary/aromatic N) is 3. The summed E-state index contributed by atoms with van der Waals surface area (Å²) in [6.07, 6.45) is 0.804. The Morgan fingerprint density at radius 2 is 1.72 bits per heavy atom. The molecule has 0 radical (unpaired) electrons. The SMILES string of the molecule is COc1ccc(CCC(=O)N2CCN(c3ccc(Cl)cc3[N+](=O)[O-])CC2)c(OC)c1OC. The molecule has 0 spiro atoms. The van der Waals surface area contributed by atoms with Gasteiger partial charge in [0.2, 0.25) is 11.7 Å². The third-order valence-electron chi connectivity index (χ3n) is 5.50. The predicted octanol–water partition coefficient (Wildman–Crippen LogP) is 3.56. The van der Waals surface area contributed by atoms with Crippen molar-refractivity contribution in [2.45, 2.75) is 12.8 Å². The number of carbonyl (C=O) groups excluding carboxylic acids is 1. The van der Waals surface area contributed by atoms with Crippen LogP contribution in [-0.2, 0) is 11.2 Å². The molecule has 9 nitrogen and oxygen atoms in total. The molecule has 0 saturated carbocycles. The number of nitro groups is 1. The van der Waals surface area contributed by atoms with E-state index in [1.54, 1.807) is 44.4 Å². The third-order valence-corrected chi connectivity index (χ3v) is 5.74. The molecule has 0 aliphatic carbocycles. The normalized spacial score (nSPS) is 13.6. The topological polar surface area (TPSA) is 94.4 Å². The Morgan fingerprint density at radius 3 is 2.31 bits per heavy atom. The molecule has 1 heterocycles. The first-order chi connectivity index (χ1) is 15.4. The number of halogens is 1. The van der Waals surface area contributed by atoms with Gasteiger partial charge in [-0.3, -0.25) is 14.9 Å². The van der Waals surface area contributed by atoms with Gasteiger partial charge in [-0.05, 0) is 30.2 Å². The Labute approximate surface area is 191 Å². The zero-order valence-electron chi connectivity index (χ0n) is 18.3. The Hall–Kier alpha value is -3.20. The quantitative estimate of drug-likeness (QED) is 0.436. The number of benzene rings is 2. The van der Waals surface area contributed by atoms with Gasteiger partial charge in [0.05, 0.1) is 26.3 Å². The summed E-state index contributed by atoms with van der Waals surface area (Å²) in [6.45, 7) is 1.99. The van der Waals surface area contributed by atoms with Crippen LogP contribution in [0.3, 0.4) is 0 Å². The van der Waals surface area contributed by atoms with E-state index in [-0.39, 0.29) is 11.6 Å². The van der Waals surface area contributed by atoms with E-state index in [2.05, 4.69) is 0 Å². The van der Waals surface area contributed by atoms with Crippen molar-refractivity contribution in [1.82, 2.24) is 4.90 Å². The average molecular weight is 464 g/mol. The van der Waals surface area contributed by atoms with Gasteiger partial charge in [-0.2, -0.15) is 0 Å². The molecule has 0 bridgehead atoms. The lowest BCUT2D eigenvalue weighted by atomic mass is 10.1. The van der Waals surface area contributed by atoms with Gasteiger partial charge in [-0.15, -0.1) is 0 Å². The number of methoxy groups -OCH3 is 3. The van der Waals surface area contributed by atoms with Crippen molar-refractivity contribution in [2.24, 2.45) is 0 Å². The van der Waals surface area contributed by atoms with Gasteiger partial charge in [0.25, 0.3) is 5.69 Å². The van der Waals surface area contributed by atoms with Crippen molar-refractivity contribution in [1.29, 1.82) is 0 Å². The summed E-state index contributed by atoms with van der Waals surface area (Å²) in [5, 5.41) is 11.7. The summed E-state index contributed by atoms with van der Waals surface area (Å²) in [5.74, 6) is 1.64. The van der Waals surface area contributed by atoms with E-state index in [1.807, 2.05) is 11.0 Å². The number of anilines is 1. The second-order valence-electron chi connectivity index (χ2n) is 7.25. The summed E-state index contributed by atoms with van der Waals surface area (Å²) in [7, 11) is 4.65. The number of hydrogen-bond acceptors (Lipinski definition) is 7. The van der Waals surface area contributed by atoms with E-state index in [1.165, 1.54) is 6.07 Å². The van der Waals surface area contributed by atoms with Crippen LogP contribution >= 0.6 is 11.6 Å². The summed E-state index contributed by atoms with van der Waals surface area (Å²) in [6, 6.07) is 8.30. The van der Waals surface area contributed by atoms with E-state index >= 15 is 0 Å². The van der Waals surface area contributed by atoms with Crippen LogP contribution in [0.25, 0.3) is 0 Å². The van der Waals surface area contributed by atoms with Crippen LogP contribution in [0, 0.1) is 10.1 Å². The number of ether oxygens (including phenoxy) is 3. The summed E-state index contributed by atoms with van der Waals surface area (Å²) < 4.78 is 16.2. The number of aryl methyl sites for hydroxylation is 1. The smallest absolute Gasteiger partial charge is 0.294 e. The maximum absolute atomic E-state index is 12.8. The standard InChI is InChI=1S/C22H26ClN3O6/c1-30-19-8-4-15(21(31-2)22(19)32-3)5-9-20(27)25-12-10-24(11-13-25)17-7-6-16(23)14-18(17)26(28)29/h4,6-8,14H,5,9-13H2,1-3H3. The molecule has 1 aliphatic rings. The van der Waals surface area contributed by atoms with E-state index in [9.17, 15) is 14.9 Å². The maximum Gasteiger partial charge on any atom is 0.294 e. The molecule has 32 heavy (non-hydrogen) atoms. The lowest BCUT2D eigenvalue weighted by molar-refractivity contribution is -0.384. The van der Waals surface area contributed by atoms with Gasteiger partial charge >= 0.3 is 0 Å². The van der Waals surface area contributed by atoms with E-state index < -0.39 is 4.92 Å². The minimum atomic E-state index is -0.435. The van der Waals surface area contributed by atoms with Gasteiger partial charge in [0, 0.05) is 43.7 Å². The lowest BCUT2D eigenvalue weighted by Crippen LogP contribution is -2.49. The zero-order chi connectivity index (χ0) is 23.3. The molecular formula is C22H26ClN3O6. The average Bonchev–Trinajstić information content (AvgIpc) is 2.81. The summed E-state index contributed by atoms with van der Waals surface area (Å²) in [4.78, 5) is 27.4. The predicted molar refractivity (Wildman–Crippen MR) is 121 cm³/mol. The number of amides is 1. The Balaban J connectivity index is 1.62. The minimum absolute atomic E-state index is 0.0205. The minimum Gasteiger partial charge on any atom is -0.493 e. The molecule has 1 saturated heterocycles. The van der Waals surface area contributed by atoms with Crippen molar-refractivity contribution in [3.05, 3.63) is 51.0 Å². The summed E-state index contributed by atoms with van der Waals surface area (Å²) >= 11 is 5.91. The molecule has 1 amide bonds. The van der Waals surface area contributed by atoms with Crippen molar-refractivity contribution in [3.8, 4) is 17.2 Å². The number of hydrogen-bond donors (Lipinski definition) is 0. The second kappa shape index (κ2) is 10.4. The molecule has 172 valence electrons. The van der Waals surface area contributed by atoms with Crippen LogP contribution < -0.4 is 19.1 Å². The fourth-order valence-electron chi connectivity index (χ4n) is 3.87. The second-order valence-corrected chi connectivity index (χ2v) is 7.69. The van der Waals surface area contributed by atoms with Crippen molar-refractivity contribution in [2.75, 3.05) is 52.4 Å². The highest BCUT2D eigenvalue weighted by atomic mass is 35.5. The number of nitro benzene ring substituents is 1. The first kappa shape index (κ1) is 23.5. The Bertz CT molecular complexity index is 992. The van der Waals surface area contributed by atoms with E-state index in [0.29, 0.717) is 67.0 Å². The fraction of sp³-hybridized carbons (Fsp3) is 0.409. The lowest BCUT2D eigenvalue weighted by Gasteiger charge is -2.36. The molecule has 0 unspecified atom stereocenters. The van der Waals surface area contributed by atoms with E-state index in [4.69, 9.17) is 25.8 Å². The van der Waals surface area contributed by atoms with Crippen LogP contribution in [0.1, 0.15) is 12.0 Å². The van der Waals surface area contributed by atoms with Crippen molar-refractivity contribution >= 4 is 28.9 Å². The van der Waals surface area contributed by atoms with Gasteiger partial charge in [0.15, 0.2) is 11.5 Å². The molecule has 1 aliphatic heterocycles. The highest BCUT2D eigenvalue weighted by Gasteiger charge is 2.26. The van der Waals surface area contributed by atoms with Gasteiger partial charge in [-0.1, -0.05) is 17.7 Å². The third kappa shape index (κ3) is 4.99. The monoisotopic (exact) mass is 463 g/mol. The number of carbonyl (C=O) groups is 1. The molecule has 2 aromatic carbocycles. The highest BCUT2D eigenvalue weighted by Crippen LogP contribution is 2.40. The maximum atomic E-state index is 12.8. The molecule has 10 heteroatoms. The largest absolute Gasteiger partial charge is 0.493 e. The Morgan fingerprint density at radius 1 is 1.03 bits per heavy atom. The molecule has 0 aromatic heterocycles. The first-order valence-corrected chi connectivity index (χ1v) is 10.5. The van der Waals surface area contributed by atoms with Crippen molar-refractivity contribution in [3.63, 3.8) is 0 Å². The molecule has 2 aromatic rings. The van der Waals surface area contributed by atoms with Gasteiger partial charge in [-0.25, -0.2) is 0 Å². The van der Waals surface area contributed by atoms with Crippen LogP contribution in [0.5, 0.6) is 17.2 Å². The fourth-order valence-corrected chi connectivity index (χ4v) is 4.03. The molecule has 0 N–H and O–H groups in total. The van der Waals surface area contributed by atoms with Gasteiger partial charge < -0.3 is 24.0 Å². The van der Waals surface area contributed by atoms with Crippen LogP contribution in [-0.4, -0.2) is 63.2 Å². The zero-order valence-corrected chi connectivity index (χ0v) is 19.1. The van der Waals surface area contributed by atoms with Crippen LogP contribution in [0.4, 0.5) is 11.4 Å². The Kier molecular flexibility index (Phi) is 7.63.